The van der Waals surface area contributed by atoms with Crippen LogP contribution in [0, 0.1) is 0 Å². The Bertz CT molecular complexity index is 548. The molecule has 0 aliphatic heterocycles. The topological polar surface area (TPSA) is 80.3 Å². The van der Waals surface area contributed by atoms with Crippen molar-refractivity contribution in [3.8, 4) is 0 Å². The van der Waals surface area contributed by atoms with Gasteiger partial charge in [0.1, 0.15) is 5.69 Å². The molecule has 1 aliphatic carbocycles. The zero-order valence-corrected chi connectivity index (χ0v) is 14.5. The molecular formula is C17H24ClN3O3. The third-order valence-electron chi connectivity index (χ3n) is 3.91. The van der Waals surface area contributed by atoms with Gasteiger partial charge in [-0.2, -0.15) is 0 Å². The van der Waals surface area contributed by atoms with E-state index in [1.54, 1.807) is 6.07 Å². The zero-order valence-electron chi connectivity index (χ0n) is 13.7. The van der Waals surface area contributed by atoms with Crippen molar-refractivity contribution < 1.29 is 14.3 Å². The zero-order chi connectivity index (χ0) is 17.2. The molecule has 0 unspecified atom stereocenters. The van der Waals surface area contributed by atoms with Crippen molar-refractivity contribution in [2.45, 2.75) is 44.6 Å². The Labute approximate surface area is 147 Å². The summed E-state index contributed by atoms with van der Waals surface area (Å²) >= 11 is 5.79. The van der Waals surface area contributed by atoms with Crippen LogP contribution in [0.4, 0.5) is 0 Å². The lowest BCUT2D eigenvalue weighted by atomic mass is 9.98. The predicted molar refractivity (Wildman–Crippen MR) is 92.0 cm³/mol. The van der Waals surface area contributed by atoms with E-state index in [1.165, 1.54) is 31.5 Å². The number of carbonyl (C=O) groups is 2. The highest BCUT2D eigenvalue weighted by Gasteiger charge is 2.13. The second-order valence-corrected chi connectivity index (χ2v) is 6.31. The number of hydrogen-bond donors (Lipinski definition) is 2. The molecular weight excluding hydrogens is 330 g/mol. The minimum atomic E-state index is -0.423. The molecule has 0 spiro atoms. The first-order valence-corrected chi connectivity index (χ1v) is 8.81. The molecule has 2 amide bonds. The van der Waals surface area contributed by atoms with Crippen molar-refractivity contribution in [1.82, 2.24) is 15.6 Å². The molecule has 1 fully saturated rings. The van der Waals surface area contributed by atoms with Crippen molar-refractivity contribution in [2.24, 2.45) is 0 Å². The molecule has 24 heavy (non-hydrogen) atoms. The van der Waals surface area contributed by atoms with Crippen LogP contribution in [0.5, 0.6) is 0 Å². The van der Waals surface area contributed by atoms with Gasteiger partial charge in [-0.15, -0.1) is 0 Å². The Balaban J connectivity index is 1.54. The van der Waals surface area contributed by atoms with Crippen LogP contribution >= 0.6 is 11.6 Å². The molecule has 1 aromatic rings. The quantitative estimate of drug-likeness (QED) is 0.703. The van der Waals surface area contributed by atoms with Gasteiger partial charge in [0.25, 0.3) is 5.91 Å². The normalized spacial score (nSPS) is 15.0. The van der Waals surface area contributed by atoms with Crippen molar-refractivity contribution >= 4 is 23.4 Å². The van der Waals surface area contributed by atoms with Crippen LogP contribution in [0.1, 0.15) is 49.0 Å². The molecule has 0 atom stereocenters. The lowest BCUT2D eigenvalue weighted by molar-refractivity contribution is -0.120. The van der Waals surface area contributed by atoms with Crippen LogP contribution in [0.3, 0.4) is 0 Å². The van der Waals surface area contributed by atoms with Crippen LogP contribution in [0.15, 0.2) is 18.3 Å². The maximum atomic E-state index is 11.8. The second kappa shape index (κ2) is 10.3. The van der Waals surface area contributed by atoms with Crippen LogP contribution in [-0.2, 0) is 9.53 Å². The molecule has 1 aliphatic rings. The number of nitrogens with zero attached hydrogens (tertiary/aromatic N) is 1. The van der Waals surface area contributed by atoms with Gasteiger partial charge >= 0.3 is 0 Å². The summed E-state index contributed by atoms with van der Waals surface area (Å²) in [4.78, 5) is 27.4. The van der Waals surface area contributed by atoms with Crippen molar-refractivity contribution in [3.63, 3.8) is 0 Å². The van der Waals surface area contributed by atoms with Crippen LogP contribution in [0.2, 0.25) is 5.02 Å². The van der Waals surface area contributed by atoms with Gasteiger partial charge in [0.2, 0.25) is 5.91 Å². The highest BCUT2D eigenvalue weighted by Crippen LogP contribution is 2.20. The van der Waals surface area contributed by atoms with E-state index >= 15 is 0 Å². The minimum absolute atomic E-state index is 0.0868. The Morgan fingerprint density at radius 3 is 2.79 bits per heavy atom. The monoisotopic (exact) mass is 353 g/mol. The summed E-state index contributed by atoms with van der Waals surface area (Å²) in [6, 6.07) is 3.04. The number of ether oxygens (including phenoxy) is 1. The van der Waals surface area contributed by atoms with E-state index in [9.17, 15) is 9.59 Å². The first-order chi connectivity index (χ1) is 11.6. The fourth-order valence-corrected chi connectivity index (χ4v) is 2.78. The highest BCUT2D eigenvalue weighted by molar-refractivity contribution is 6.30. The average Bonchev–Trinajstić information content (AvgIpc) is 2.60. The summed E-state index contributed by atoms with van der Waals surface area (Å²) in [6.45, 7) is 1.11. The summed E-state index contributed by atoms with van der Waals surface area (Å²) in [5, 5.41) is 5.70. The Hall–Kier alpha value is -1.66. The SMILES string of the molecule is O=C(CNC(=O)c1cc(Cl)ccn1)NCCCOC1CCCCC1. The van der Waals surface area contributed by atoms with Gasteiger partial charge in [-0.25, -0.2) is 0 Å². The molecule has 0 bridgehead atoms. The molecule has 0 radical (unpaired) electrons. The van der Waals surface area contributed by atoms with Gasteiger partial charge in [0.15, 0.2) is 0 Å². The van der Waals surface area contributed by atoms with Gasteiger partial charge in [-0.3, -0.25) is 14.6 Å². The van der Waals surface area contributed by atoms with Crippen molar-refractivity contribution in [1.29, 1.82) is 0 Å². The number of halogens is 1. The standard InChI is InChI=1S/C17H24ClN3O3/c18-13-7-9-19-15(11-13)17(23)21-12-16(22)20-8-4-10-24-14-5-2-1-3-6-14/h7,9,11,14H,1-6,8,10,12H2,(H,20,22)(H,21,23). The number of amides is 2. The number of aromatic nitrogens is 1. The van der Waals surface area contributed by atoms with E-state index in [4.69, 9.17) is 16.3 Å². The second-order valence-electron chi connectivity index (χ2n) is 5.88. The van der Waals surface area contributed by atoms with Crippen LogP contribution in [0.25, 0.3) is 0 Å². The third kappa shape index (κ3) is 6.84. The number of carbonyl (C=O) groups excluding carboxylic acids is 2. The van der Waals surface area contributed by atoms with Crippen LogP contribution < -0.4 is 10.6 Å². The van der Waals surface area contributed by atoms with Crippen molar-refractivity contribution in [2.75, 3.05) is 19.7 Å². The lowest BCUT2D eigenvalue weighted by Gasteiger charge is -2.21. The van der Waals surface area contributed by atoms with E-state index in [2.05, 4.69) is 15.6 Å². The summed E-state index contributed by atoms with van der Waals surface area (Å²) in [5.41, 5.74) is 0.191. The average molecular weight is 354 g/mol. The molecule has 2 N–H and O–H groups in total. The fraction of sp³-hybridized carbons (Fsp3) is 0.588. The first kappa shape index (κ1) is 18.7. The largest absolute Gasteiger partial charge is 0.378 e. The van der Waals surface area contributed by atoms with E-state index in [0.29, 0.717) is 24.3 Å². The van der Waals surface area contributed by atoms with E-state index in [-0.39, 0.29) is 18.1 Å². The van der Waals surface area contributed by atoms with Gasteiger partial charge in [0.05, 0.1) is 12.6 Å². The smallest absolute Gasteiger partial charge is 0.270 e. The molecule has 7 heteroatoms. The predicted octanol–water partition coefficient (Wildman–Crippen LogP) is 2.32. The molecule has 2 rings (SSSR count). The van der Waals surface area contributed by atoms with Gasteiger partial charge in [-0.1, -0.05) is 30.9 Å². The third-order valence-corrected chi connectivity index (χ3v) is 4.15. The lowest BCUT2D eigenvalue weighted by Crippen LogP contribution is -2.37. The summed E-state index contributed by atoms with van der Waals surface area (Å²) in [7, 11) is 0. The van der Waals surface area contributed by atoms with E-state index in [0.717, 1.165) is 19.3 Å². The van der Waals surface area contributed by atoms with E-state index < -0.39 is 5.91 Å². The first-order valence-electron chi connectivity index (χ1n) is 8.43. The number of rotatable bonds is 8. The molecule has 0 aromatic carbocycles. The van der Waals surface area contributed by atoms with Gasteiger partial charge in [-0.05, 0) is 31.4 Å². The molecule has 132 valence electrons. The maximum Gasteiger partial charge on any atom is 0.270 e. The molecule has 1 saturated carbocycles. The number of nitrogens with one attached hydrogen (secondary N) is 2. The number of hydrogen-bond acceptors (Lipinski definition) is 4. The Kier molecular flexibility index (Phi) is 7.98. The van der Waals surface area contributed by atoms with Gasteiger partial charge < -0.3 is 15.4 Å². The summed E-state index contributed by atoms with van der Waals surface area (Å²) in [6.07, 6.45) is 8.72. The fourth-order valence-electron chi connectivity index (χ4n) is 2.62. The summed E-state index contributed by atoms with van der Waals surface area (Å²) in [5.74, 6) is -0.656. The Morgan fingerprint density at radius 1 is 1.25 bits per heavy atom. The molecule has 1 aromatic heterocycles. The maximum absolute atomic E-state index is 11.8. The van der Waals surface area contributed by atoms with Crippen molar-refractivity contribution in [3.05, 3.63) is 29.0 Å². The minimum Gasteiger partial charge on any atom is -0.378 e. The van der Waals surface area contributed by atoms with E-state index in [1.807, 2.05) is 0 Å². The summed E-state index contributed by atoms with van der Waals surface area (Å²) < 4.78 is 5.79. The molecule has 6 nitrogen and oxygen atoms in total. The highest BCUT2D eigenvalue weighted by atomic mass is 35.5. The Morgan fingerprint density at radius 2 is 2.04 bits per heavy atom. The van der Waals surface area contributed by atoms with Gasteiger partial charge in [0, 0.05) is 24.4 Å². The van der Waals surface area contributed by atoms with Crippen LogP contribution in [-0.4, -0.2) is 42.6 Å². The molecule has 0 saturated heterocycles. The number of pyridine rings is 1. The molecule has 1 heterocycles.